The largest absolute Gasteiger partial charge is 0.326 e. The van der Waals surface area contributed by atoms with E-state index in [2.05, 4.69) is 5.32 Å². The smallest absolute Gasteiger partial charge is 0.226 e. The summed E-state index contributed by atoms with van der Waals surface area (Å²) >= 11 is 6.07. The molecule has 2 rings (SSSR count). The first-order valence-electron chi connectivity index (χ1n) is 8.20. The highest BCUT2D eigenvalue weighted by Crippen LogP contribution is 2.24. The zero-order valence-corrected chi connectivity index (χ0v) is 15.8. The Morgan fingerprint density at radius 3 is 2.44 bits per heavy atom. The fourth-order valence-corrected chi connectivity index (χ4v) is 2.76. The zero-order valence-electron chi connectivity index (χ0n) is 15.0. The number of hydrogen-bond acceptors (Lipinski definition) is 2. The topological polar surface area (TPSA) is 49.4 Å². The van der Waals surface area contributed by atoms with Crippen molar-refractivity contribution in [1.82, 2.24) is 0 Å². The summed E-state index contributed by atoms with van der Waals surface area (Å²) in [5, 5.41) is 3.43. The molecule has 0 aliphatic rings. The summed E-state index contributed by atoms with van der Waals surface area (Å²) in [5.41, 5.74) is 4.61. The molecule has 0 saturated carbocycles. The minimum atomic E-state index is -0.156. The van der Waals surface area contributed by atoms with Crippen molar-refractivity contribution < 1.29 is 9.59 Å². The molecular weight excluding hydrogens is 336 g/mol. The number of nitrogens with one attached hydrogen (secondary N) is 1. The molecule has 1 N–H and O–H groups in total. The van der Waals surface area contributed by atoms with Crippen LogP contribution >= 0.6 is 11.6 Å². The number of aryl methyl sites for hydroxylation is 2. The Kier molecular flexibility index (Phi) is 6.21. The Morgan fingerprint density at radius 1 is 1.08 bits per heavy atom. The Bertz CT molecular complexity index is 802. The Hall–Kier alpha value is -2.33. The molecule has 0 heterocycles. The minimum absolute atomic E-state index is 0.0834. The molecule has 0 fully saturated rings. The van der Waals surface area contributed by atoms with E-state index in [-0.39, 0.29) is 18.2 Å². The summed E-state index contributed by atoms with van der Waals surface area (Å²) in [6.45, 7) is 7.73. The lowest BCUT2D eigenvalue weighted by Gasteiger charge is -2.23. The molecule has 0 spiro atoms. The highest BCUT2D eigenvalue weighted by atomic mass is 35.5. The second-order valence-electron chi connectivity index (χ2n) is 6.15. The second kappa shape index (κ2) is 8.17. The third kappa shape index (κ3) is 4.83. The monoisotopic (exact) mass is 358 g/mol. The van der Waals surface area contributed by atoms with Crippen LogP contribution in [-0.2, 0) is 9.59 Å². The average Bonchev–Trinajstić information content (AvgIpc) is 2.54. The molecule has 0 saturated heterocycles. The van der Waals surface area contributed by atoms with Crippen LogP contribution in [0, 0.1) is 20.8 Å². The van der Waals surface area contributed by atoms with Crippen LogP contribution in [0.3, 0.4) is 0 Å². The van der Waals surface area contributed by atoms with E-state index in [1.54, 1.807) is 11.0 Å². The normalized spacial score (nSPS) is 10.4. The van der Waals surface area contributed by atoms with Gasteiger partial charge in [-0.2, -0.15) is 0 Å². The number of halogens is 1. The molecule has 0 unspecified atom stereocenters. The van der Waals surface area contributed by atoms with Gasteiger partial charge in [-0.05, 0) is 55.7 Å². The fourth-order valence-electron chi connectivity index (χ4n) is 2.58. The summed E-state index contributed by atoms with van der Waals surface area (Å²) < 4.78 is 0. The van der Waals surface area contributed by atoms with E-state index >= 15 is 0 Å². The lowest BCUT2D eigenvalue weighted by molar-refractivity contribution is -0.117. The molecule has 0 atom stereocenters. The predicted octanol–water partition coefficient (Wildman–Crippen LogP) is 4.65. The van der Waals surface area contributed by atoms with Crippen LogP contribution in [0.4, 0.5) is 11.4 Å². The van der Waals surface area contributed by atoms with Crippen LogP contribution in [0.1, 0.15) is 30.0 Å². The lowest BCUT2D eigenvalue weighted by Crippen LogP contribution is -2.32. The van der Waals surface area contributed by atoms with Crippen LogP contribution in [0.25, 0.3) is 0 Å². The zero-order chi connectivity index (χ0) is 18.6. The van der Waals surface area contributed by atoms with Gasteiger partial charge in [-0.1, -0.05) is 29.8 Å². The number of anilines is 2. The number of amides is 2. The molecule has 0 aliphatic carbocycles. The van der Waals surface area contributed by atoms with Gasteiger partial charge in [0.15, 0.2) is 0 Å². The van der Waals surface area contributed by atoms with Crippen LogP contribution in [-0.4, -0.2) is 18.4 Å². The van der Waals surface area contributed by atoms with E-state index in [9.17, 15) is 9.59 Å². The number of rotatable bonds is 5. The van der Waals surface area contributed by atoms with E-state index in [0.717, 1.165) is 22.4 Å². The van der Waals surface area contributed by atoms with E-state index in [0.29, 0.717) is 17.3 Å². The van der Waals surface area contributed by atoms with E-state index in [4.69, 9.17) is 11.6 Å². The number of carbonyl (C=O) groups excluding carboxylic acids is 2. The third-order valence-electron chi connectivity index (χ3n) is 4.27. The van der Waals surface area contributed by atoms with Crippen LogP contribution in [0.2, 0.25) is 5.02 Å². The van der Waals surface area contributed by atoms with Crippen molar-refractivity contribution >= 4 is 34.8 Å². The fraction of sp³-hybridized carbons (Fsp3) is 0.300. The predicted molar refractivity (Wildman–Crippen MR) is 103 cm³/mol. The molecule has 2 aromatic carbocycles. The Labute approximate surface area is 153 Å². The summed E-state index contributed by atoms with van der Waals surface area (Å²) in [6.07, 6.45) is 0.207. The van der Waals surface area contributed by atoms with Gasteiger partial charge in [0.05, 0.1) is 0 Å². The van der Waals surface area contributed by atoms with Crippen LogP contribution in [0.15, 0.2) is 36.4 Å². The SMILES string of the molecule is CC(=O)N(CCC(=O)Nc1ccc(C)c(Cl)c1)c1cccc(C)c1C. The van der Waals surface area contributed by atoms with Gasteiger partial charge in [-0.15, -0.1) is 0 Å². The third-order valence-corrected chi connectivity index (χ3v) is 4.67. The lowest BCUT2D eigenvalue weighted by atomic mass is 10.1. The van der Waals surface area contributed by atoms with Gasteiger partial charge < -0.3 is 10.2 Å². The average molecular weight is 359 g/mol. The molecule has 25 heavy (non-hydrogen) atoms. The van der Waals surface area contributed by atoms with Gasteiger partial charge in [0.25, 0.3) is 0 Å². The van der Waals surface area contributed by atoms with Gasteiger partial charge in [0, 0.05) is 36.3 Å². The molecule has 132 valence electrons. The molecule has 0 radical (unpaired) electrons. The van der Waals surface area contributed by atoms with Gasteiger partial charge in [0.2, 0.25) is 11.8 Å². The van der Waals surface area contributed by atoms with E-state index < -0.39 is 0 Å². The second-order valence-corrected chi connectivity index (χ2v) is 6.56. The van der Waals surface area contributed by atoms with Crippen molar-refractivity contribution in [2.24, 2.45) is 0 Å². The maximum absolute atomic E-state index is 12.2. The molecule has 5 heteroatoms. The number of carbonyl (C=O) groups is 2. The first-order valence-corrected chi connectivity index (χ1v) is 8.57. The van der Waals surface area contributed by atoms with E-state index in [1.807, 2.05) is 51.1 Å². The van der Waals surface area contributed by atoms with Gasteiger partial charge >= 0.3 is 0 Å². The van der Waals surface area contributed by atoms with E-state index in [1.165, 1.54) is 6.92 Å². The molecule has 0 bridgehead atoms. The molecular formula is C20H23ClN2O2. The standard InChI is InChI=1S/C20H23ClN2O2/c1-13-6-5-7-19(15(13)3)23(16(4)24)11-10-20(25)22-17-9-8-14(2)18(21)12-17/h5-9,12H,10-11H2,1-4H3,(H,22,25). The van der Waals surface area contributed by atoms with Crippen LogP contribution in [0.5, 0.6) is 0 Å². The number of hydrogen-bond donors (Lipinski definition) is 1. The van der Waals surface area contributed by atoms with Crippen molar-refractivity contribution in [3.8, 4) is 0 Å². The first kappa shape index (κ1) is 19.0. The van der Waals surface area contributed by atoms with Gasteiger partial charge in [-0.3, -0.25) is 9.59 Å². The van der Waals surface area contributed by atoms with Crippen molar-refractivity contribution in [2.75, 3.05) is 16.8 Å². The van der Waals surface area contributed by atoms with Gasteiger partial charge in [0.1, 0.15) is 0 Å². The Balaban J connectivity index is 2.05. The molecule has 2 aromatic rings. The number of benzene rings is 2. The minimum Gasteiger partial charge on any atom is -0.326 e. The Morgan fingerprint density at radius 2 is 1.80 bits per heavy atom. The van der Waals surface area contributed by atoms with Crippen molar-refractivity contribution in [2.45, 2.75) is 34.1 Å². The van der Waals surface area contributed by atoms with Crippen molar-refractivity contribution in [1.29, 1.82) is 0 Å². The maximum atomic E-state index is 12.2. The van der Waals surface area contributed by atoms with Crippen molar-refractivity contribution in [3.05, 3.63) is 58.1 Å². The van der Waals surface area contributed by atoms with Crippen LogP contribution < -0.4 is 10.2 Å². The summed E-state index contributed by atoms with van der Waals surface area (Å²) in [7, 11) is 0. The molecule has 0 aliphatic heterocycles. The molecule has 4 nitrogen and oxygen atoms in total. The maximum Gasteiger partial charge on any atom is 0.226 e. The molecule has 0 aromatic heterocycles. The molecule has 2 amide bonds. The van der Waals surface area contributed by atoms with Crippen molar-refractivity contribution in [3.63, 3.8) is 0 Å². The van der Waals surface area contributed by atoms with Gasteiger partial charge in [-0.25, -0.2) is 0 Å². The highest BCUT2D eigenvalue weighted by Gasteiger charge is 2.16. The first-order chi connectivity index (χ1) is 11.8. The summed E-state index contributed by atoms with van der Waals surface area (Å²) in [6, 6.07) is 11.2. The highest BCUT2D eigenvalue weighted by molar-refractivity contribution is 6.31. The summed E-state index contributed by atoms with van der Waals surface area (Å²) in [5.74, 6) is -0.239. The number of nitrogens with zero attached hydrogens (tertiary/aromatic N) is 1. The quantitative estimate of drug-likeness (QED) is 0.845. The summed E-state index contributed by atoms with van der Waals surface area (Å²) in [4.78, 5) is 25.9.